The molecular weight excluding hydrogens is 380 g/mol. The summed E-state index contributed by atoms with van der Waals surface area (Å²) in [4.78, 5) is 34.4. The molecular formula is C18H24N6O3S. The Kier molecular flexibility index (Phi) is 5.69. The molecule has 1 saturated heterocycles. The molecule has 1 aliphatic heterocycles. The van der Waals surface area contributed by atoms with Gasteiger partial charge in [-0.1, -0.05) is 5.16 Å². The average Bonchev–Trinajstić information content (AvgIpc) is 3.33. The van der Waals surface area contributed by atoms with Crippen LogP contribution in [0.25, 0.3) is 0 Å². The first-order valence-corrected chi connectivity index (χ1v) is 10.3. The van der Waals surface area contributed by atoms with Gasteiger partial charge >= 0.3 is 0 Å². The maximum absolute atomic E-state index is 12.3. The number of thiazole rings is 1. The van der Waals surface area contributed by atoms with Crippen LogP contribution in [0, 0.1) is 6.92 Å². The summed E-state index contributed by atoms with van der Waals surface area (Å²) in [7, 11) is 0. The van der Waals surface area contributed by atoms with Crippen molar-refractivity contribution in [3.63, 3.8) is 0 Å². The van der Waals surface area contributed by atoms with E-state index in [1.165, 1.54) is 11.3 Å². The van der Waals surface area contributed by atoms with Gasteiger partial charge in [-0.25, -0.2) is 4.98 Å². The highest BCUT2D eigenvalue weighted by molar-refractivity contribution is 7.15. The highest BCUT2D eigenvalue weighted by Crippen LogP contribution is 2.30. The van der Waals surface area contributed by atoms with Crippen molar-refractivity contribution in [2.24, 2.45) is 0 Å². The Hall–Kier alpha value is -2.30. The predicted molar refractivity (Wildman–Crippen MR) is 106 cm³/mol. The molecule has 10 heteroatoms. The zero-order chi connectivity index (χ0) is 19.5. The summed E-state index contributed by atoms with van der Waals surface area (Å²) in [5.41, 5.74) is 1.15. The van der Waals surface area contributed by atoms with E-state index >= 15 is 0 Å². The Morgan fingerprint density at radius 3 is 2.39 bits per heavy atom. The van der Waals surface area contributed by atoms with Crippen LogP contribution in [0.4, 0.5) is 10.9 Å². The molecule has 0 saturated carbocycles. The van der Waals surface area contributed by atoms with E-state index in [1.807, 2.05) is 0 Å². The minimum atomic E-state index is -0.115. The third-order valence-corrected chi connectivity index (χ3v) is 6.01. The first kappa shape index (κ1) is 19.0. The monoisotopic (exact) mass is 404 g/mol. The molecule has 2 N–H and O–H groups in total. The fourth-order valence-corrected chi connectivity index (χ4v) is 4.59. The Morgan fingerprint density at radius 1 is 1.11 bits per heavy atom. The third kappa shape index (κ3) is 4.75. The molecule has 0 atom stereocenters. The molecule has 2 aliphatic rings. The van der Waals surface area contributed by atoms with Gasteiger partial charge in [0, 0.05) is 37.1 Å². The van der Waals surface area contributed by atoms with Gasteiger partial charge < -0.3 is 15.2 Å². The summed E-state index contributed by atoms with van der Waals surface area (Å²) < 4.78 is 4.94. The number of nitrogens with one attached hydrogen (secondary N) is 2. The maximum Gasteiger partial charge on any atom is 0.240 e. The lowest BCUT2D eigenvalue weighted by atomic mass is 10.3. The Morgan fingerprint density at radius 2 is 1.79 bits per heavy atom. The molecule has 0 aromatic carbocycles. The molecule has 2 aromatic rings. The number of fused-ring (bicyclic) bond motifs is 1. The first-order chi connectivity index (χ1) is 13.5. The van der Waals surface area contributed by atoms with Crippen LogP contribution in [0.15, 0.2) is 10.6 Å². The van der Waals surface area contributed by atoms with Gasteiger partial charge in [0.25, 0.3) is 0 Å². The number of piperazine rings is 1. The number of aryl methyl sites for hydroxylation is 3. The van der Waals surface area contributed by atoms with Crippen LogP contribution < -0.4 is 10.6 Å². The van der Waals surface area contributed by atoms with Crippen molar-refractivity contribution < 1.29 is 14.1 Å². The van der Waals surface area contributed by atoms with Gasteiger partial charge in [0.2, 0.25) is 11.8 Å². The number of anilines is 2. The van der Waals surface area contributed by atoms with Gasteiger partial charge in [-0.3, -0.25) is 19.4 Å². The summed E-state index contributed by atoms with van der Waals surface area (Å²) in [6.45, 7) is 5.41. The molecule has 2 amide bonds. The van der Waals surface area contributed by atoms with Crippen molar-refractivity contribution in [2.45, 2.75) is 26.2 Å². The van der Waals surface area contributed by atoms with E-state index in [9.17, 15) is 9.59 Å². The van der Waals surface area contributed by atoms with Gasteiger partial charge in [0.05, 0.1) is 18.8 Å². The molecule has 0 unspecified atom stereocenters. The molecule has 28 heavy (non-hydrogen) atoms. The van der Waals surface area contributed by atoms with Gasteiger partial charge in [0.1, 0.15) is 5.76 Å². The molecule has 1 aliphatic carbocycles. The number of rotatable bonds is 6. The van der Waals surface area contributed by atoms with Crippen LogP contribution in [-0.4, -0.2) is 71.0 Å². The maximum atomic E-state index is 12.3. The molecule has 9 nitrogen and oxygen atoms in total. The smallest absolute Gasteiger partial charge is 0.240 e. The second-order valence-corrected chi connectivity index (χ2v) is 8.30. The summed E-state index contributed by atoms with van der Waals surface area (Å²) in [5, 5.41) is 10.1. The Labute approximate surface area is 167 Å². The largest absolute Gasteiger partial charge is 0.360 e. The van der Waals surface area contributed by atoms with E-state index in [1.54, 1.807) is 24.3 Å². The van der Waals surface area contributed by atoms with Gasteiger partial charge in [0.15, 0.2) is 10.9 Å². The average molecular weight is 404 g/mol. The van der Waals surface area contributed by atoms with Crippen molar-refractivity contribution in [3.8, 4) is 0 Å². The Bertz CT molecular complexity index is 834. The zero-order valence-electron chi connectivity index (χ0n) is 15.9. The van der Waals surface area contributed by atoms with E-state index in [2.05, 4.69) is 30.6 Å². The van der Waals surface area contributed by atoms with Gasteiger partial charge in [-0.05, 0) is 26.2 Å². The van der Waals surface area contributed by atoms with Crippen molar-refractivity contribution in [1.82, 2.24) is 19.9 Å². The lowest BCUT2D eigenvalue weighted by Crippen LogP contribution is -2.50. The lowest BCUT2D eigenvalue weighted by Gasteiger charge is -2.33. The molecule has 0 spiro atoms. The molecule has 3 heterocycles. The van der Waals surface area contributed by atoms with Crippen LogP contribution in [-0.2, 0) is 22.4 Å². The number of amides is 2. The van der Waals surface area contributed by atoms with Crippen molar-refractivity contribution in [3.05, 3.63) is 22.4 Å². The van der Waals surface area contributed by atoms with Crippen LogP contribution in [0.2, 0.25) is 0 Å². The van der Waals surface area contributed by atoms with Crippen LogP contribution in [0.5, 0.6) is 0 Å². The third-order valence-electron chi connectivity index (χ3n) is 4.94. The van der Waals surface area contributed by atoms with Crippen LogP contribution in [0.1, 0.15) is 22.8 Å². The van der Waals surface area contributed by atoms with E-state index in [-0.39, 0.29) is 11.8 Å². The van der Waals surface area contributed by atoms with E-state index in [4.69, 9.17) is 4.52 Å². The molecule has 150 valence electrons. The minimum Gasteiger partial charge on any atom is -0.360 e. The standard InChI is InChI=1S/C18H24N6O3S/c1-12-9-15(22-27-12)20-16(25)10-23-5-7-24(8-6-23)11-17(26)21-18-19-13-3-2-4-14(13)28-18/h9H,2-8,10-11H2,1H3,(H,19,21,26)(H,20,22,25). The number of hydrogen-bond donors (Lipinski definition) is 2. The highest BCUT2D eigenvalue weighted by Gasteiger charge is 2.22. The number of hydrogen-bond acceptors (Lipinski definition) is 8. The summed E-state index contributed by atoms with van der Waals surface area (Å²) in [5.74, 6) is 0.951. The quantitative estimate of drug-likeness (QED) is 0.744. The molecule has 0 radical (unpaired) electrons. The molecule has 1 fully saturated rings. The molecule has 4 rings (SSSR count). The first-order valence-electron chi connectivity index (χ1n) is 9.51. The predicted octanol–water partition coefficient (Wildman–Crippen LogP) is 1.12. The van der Waals surface area contributed by atoms with E-state index in [0.29, 0.717) is 29.8 Å². The number of aromatic nitrogens is 2. The topological polar surface area (TPSA) is 104 Å². The SMILES string of the molecule is Cc1cc(NC(=O)CN2CCN(CC(=O)Nc3nc4c(s3)CCC4)CC2)no1. The second-order valence-electron chi connectivity index (χ2n) is 7.21. The fourth-order valence-electron chi connectivity index (χ4n) is 3.52. The fraction of sp³-hybridized carbons (Fsp3) is 0.556. The highest BCUT2D eigenvalue weighted by atomic mass is 32.1. The normalized spacial score (nSPS) is 17.5. The second kappa shape index (κ2) is 8.38. The van der Waals surface area contributed by atoms with E-state index < -0.39 is 0 Å². The van der Waals surface area contributed by atoms with E-state index in [0.717, 1.165) is 44.7 Å². The Balaban J connectivity index is 1.17. The van der Waals surface area contributed by atoms with Crippen molar-refractivity contribution in [1.29, 1.82) is 0 Å². The minimum absolute atomic E-state index is 0.0278. The number of nitrogens with zero attached hydrogens (tertiary/aromatic N) is 4. The summed E-state index contributed by atoms with van der Waals surface area (Å²) >= 11 is 1.60. The summed E-state index contributed by atoms with van der Waals surface area (Å²) in [6, 6.07) is 1.69. The van der Waals surface area contributed by atoms with Crippen LogP contribution in [0.3, 0.4) is 0 Å². The molecule has 2 aromatic heterocycles. The zero-order valence-corrected chi connectivity index (χ0v) is 16.7. The summed E-state index contributed by atoms with van der Waals surface area (Å²) in [6.07, 6.45) is 3.27. The van der Waals surface area contributed by atoms with Crippen molar-refractivity contribution in [2.75, 3.05) is 49.9 Å². The van der Waals surface area contributed by atoms with Gasteiger partial charge in [-0.2, -0.15) is 0 Å². The number of carbonyl (C=O) groups excluding carboxylic acids is 2. The van der Waals surface area contributed by atoms with Crippen LogP contribution >= 0.6 is 11.3 Å². The lowest BCUT2D eigenvalue weighted by molar-refractivity contribution is -0.120. The number of carbonyl (C=O) groups is 2. The molecule has 0 bridgehead atoms. The van der Waals surface area contributed by atoms with Gasteiger partial charge in [-0.15, -0.1) is 11.3 Å². The van der Waals surface area contributed by atoms with Crippen molar-refractivity contribution >= 4 is 34.1 Å².